The van der Waals surface area contributed by atoms with Crippen molar-refractivity contribution in [3.63, 3.8) is 0 Å². The zero-order valence-corrected chi connectivity index (χ0v) is 17.7. The van der Waals surface area contributed by atoms with Crippen LogP contribution in [0.25, 0.3) is 0 Å². The number of piperidine rings is 1. The Kier molecular flexibility index (Phi) is 6.06. The van der Waals surface area contributed by atoms with Crippen molar-refractivity contribution in [2.45, 2.75) is 89.9 Å². The number of fused-ring (bicyclic) bond motifs is 1. The second kappa shape index (κ2) is 7.67. The van der Waals surface area contributed by atoms with Crippen molar-refractivity contribution in [3.8, 4) is 0 Å². The van der Waals surface area contributed by atoms with Crippen LogP contribution in [0, 0.1) is 11.8 Å². The van der Waals surface area contributed by atoms with Crippen LogP contribution in [-0.2, 0) is 9.57 Å². The van der Waals surface area contributed by atoms with Crippen molar-refractivity contribution >= 4 is 0 Å². The van der Waals surface area contributed by atoms with Gasteiger partial charge in [0.2, 0.25) is 0 Å². The fourth-order valence-electron chi connectivity index (χ4n) is 6.05. The number of morpholine rings is 1. The third kappa shape index (κ3) is 3.35. The summed E-state index contributed by atoms with van der Waals surface area (Å²) < 4.78 is 5.54. The Morgan fingerprint density at radius 2 is 1.46 bits per heavy atom. The summed E-state index contributed by atoms with van der Waals surface area (Å²) in [5, 5.41) is 2.28. The van der Waals surface area contributed by atoms with E-state index in [0.717, 1.165) is 39.3 Å². The molecular weight excluding hydrogens is 326 g/mol. The standard InChI is InChI=1S/C21H41N3O2/c1-6-7-8-9-10-11-14-26-24-19(2,3)17-18(20(24,4)5)21(17,22)23-12-15-25-16-13-23/h17-18H,6-16,22H2,1-5H3. The number of nitrogens with zero attached hydrogens (tertiary/aromatic N) is 2. The molecule has 5 nitrogen and oxygen atoms in total. The molecule has 0 aromatic heterocycles. The van der Waals surface area contributed by atoms with E-state index in [9.17, 15) is 0 Å². The average Bonchev–Trinajstić information content (AvgIpc) is 3.22. The Balaban J connectivity index is 1.56. The van der Waals surface area contributed by atoms with Gasteiger partial charge in [-0.05, 0) is 34.1 Å². The molecule has 0 spiro atoms. The molecule has 2 aliphatic heterocycles. The highest BCUT2D eigenvalue weighted by atomic mass is 16.7. The first-order chi connectivity index (χ1) is 12.3. The molecule has 3 rings (SSSR count). The first-order valence-corrected chi connectivity index (χ1v) is 10.8. The van der Waals surface area contributed by atoms with Gasteiger partial charge in [0.1, 0.15) is 0 Å². The molecule has 3 fully saturated rings. The van der Waals surface area contributed by atoms with Crippen LogP contribution >= 0.6 is 0 Å². The van der Waals surface area contributed by atoms with Crippen LogP contribution in [-0.4, -0.2) is 59.6 Å². The largest absolute Gasteiger partial charge is 0.379 e. The molecule has 5 heteroatoms. The molecule has 0 bridgehead atoms. The Morgan fingerprint density at radius 3 is 2.04 bits per heavy atom. The van der Waals surface area contributed by atoms with Crippen molar-refractivity contribution in [3.05, 3.63) is 0 Å². The summed E-state index contributed by atoms with van der Waals surface area (Å²) in [4.78, 5) is 8.83. The first kappa shape index (κ1) is 20.5. The molecule has 1 saturated carbocycles. The second-order valence-corrected chi connectivity index (χ2v) is 9.64. The maximum Gasteiger partial charge on any atom is 0.0793 e. The average molecular weight is 368 g/mol. The van der Waals surface area contributed by atoms with Crippen LogP contribution < -0.4 is 5.73 Å². The minimum Gasteiger partial charge on any atom is -0.379 e. The Labute approximate surface area is 160 Å². The van der Waals surface area contributed by atoms with E-state index < -0.39 is 0 Å². The fourth-order valence-corrected chi connectivity index (χ4v) is 6.05. The van der Waals surface area contributed by atoms with Crippen molar-refractivity contribution in [2.24, 2.45) is 17.6 Å². The minimum atomic E-state index is -0.198. The highest BCUT2D eigenvalue weighted by molar-refractivity contribution is 5.32. The number of hydroxylamine groups is 2. The summed E-state index contributed by atoms with van der Waals surface area (Å²) >= 11 is 0. The van der Waals surface area contributed by atoms with E-state index in [4.69, 9.17) is 15.3 Å². The maximum atomic E-state index is 7.00. The molecule has 26 heavy (non-hydrogen) atoms. The van der Waals surface area contributed by atoms with Crippen molar-refractivity contribution in [1.29, 1.82) is 0 Å². The number of hydrogen-bond donors (Lipinski definition) is 1. The Bertz CT molecular complexity index is 452. The van der Waals surface area contributed by atoms with E-state index in [1.807, 2.05) is 0 Å². The van der Waals surface area contributed by atoms with Gasteiger partial charge in [-0.1, -0.05) is 39.0 Å². The van der Waals surface area contributed by atoms with Gasteiger partial charge in [0.05, 0.1) is 25.5 Å². The molecule has 0 aromatic rings. The third-order valence-corrected chi connectivity index (χ3v) is 7.07. The normalized spacial score (nSPS) is 36.2. The lowest BCUT2D eigenvalue weighted by molar-refractivity contribution is -0.262. The lowest BCUT2D eigenvalue weighted by atomic mass is 9.94. The quantitative estimate of drug-likeness (QED) is 0.633. The van der Waals surface area contributed by atoms with Gasteiger partial charge < -0.3 is 10.5 Å². The van der Waals surface area contributed by atoms with E-state index in [0.29, 0.717) is 11.8 Å². The van der Waals surface area contributed by atoms with Crippen molar-refractivity contribution in [2.75, 3.05) is 32.9 Å². The van der Waals surface area contributed by atoms with Gasteiger partial charge in [-0.2, -0.15) is 5.06 Å². The fraction of sp³-hybridized carbons (Fsp3) is 1.00. The van der Waals surface area contributed by atoms with Crippen LogP contribution in [0.2, 0.25) is 0 Å². The predicted octanol–water partition coefficient (Wildman–Crippen LogP) is 3.38. The number of ether oxygens (including phenoxy) is 1. The molecule has 0 aromatic carbocycles. The summed E-state index contributed by atoms with van der Waals surface area (Å²) in [7, 11) is 0. The lowest BCUT2D eigenvalue weighted by Gasteiger charge is -2.48. The second-order valence-electron chi connectivity index (χ2n) is 9.64. The number of rotatable bonds is 9. The van der Waals surface area contributed by atoms with Gasteiger partial charge in [0.25, 0.3) is 0 Å². The van der Waals surface area contributed by atoms with E-state index >= 15 is 0 Å². The van der Waals surface area contributed by atoms with Gasteiger partial charge in [-0.3, -0.25) is 9.74 Å². The van der Waals surface area contributed by atoms with Gasteiger partial charge >= 0.3 is 0 Å². The highest BCUT2D eigenvalue weighted by Gasteiger charge is 2.82. The summed E-state index contributed by atoms with van der Waals surface area (Å²) in [6.07, 6.45) is 7.78. The SMILES string of the molecule is CCCCCCCCON1C(C)(C)C2C(C1(C)C)C2(N)N1CCOCC1. The number of nitrogens with two attached hydrogens (primary N) is 1. The van der Waals surface area contributed by atoms with Gasteiger partial charge in [-0.25, -0.2) is 0 Å². The molecule has 1 aliphatic carbocycles. The third-order valence-electron chi connectivity index (χ3n) is 7.07. The number of unbranched alkanes of at least 4 members (excludes halogenated alkanes) is 5. The summed E-state index contributed by atoms with van der Waals surface area (Å²) in [5.41, 5.74) is 6.72. The molecule has 2 saturated heterocycles. The zero-order valence-electron chi connectivity index (χ0n) is 17.7. The van der Waals surface area contributed by atoms with Crippen molar-refractivity contribution in [1.82, 2.24) is 9.96 Å². The summed E-state index contributed by atoms with van der Waals surface area (Å²) in [5.74, 6) is 0.903. The maximum absolute atomic E-state index is 7.00. The van der Waals surface area contributed by atoms with E-state index in [1.165, 1.54) is 32.1 Å². The molecule has 0 radical (unpaired) electrons. The van der Waals surface area contributed by atoms with Crippen LogP contribution in [0.4, 0.5) is 0 Å². The highest BCUT2D eigenvalue weighted by Crippen LogP contribution is 2.69. The van der Waals surface area contributed by atoms with Gasteiger partial charge in [0.15, 0.2) is 0 Å². The summed E-state index contributed by atoms with van der Waals surface area (Å²) in [6, 6.07) is 0. The topological polar surface area (TPSA) is 51.0 Å². The van der Waals surface area contributed by atoms with Crippen LogP contribution in [0.5, 0.6) is 0 Å². The van der Waals surface area contributed by atoms with E-state index in [-0.39, 0.29) is 16.7 Å². The predicted molar refractivity (Wildman–Crippen MR) is 106 cm³/mol. The minimum absolute atomic E-state index is 0.0383. The molecular formula is C21H41N3O2. The lowest BCUT2D eigenvalue weighted by Crippen LogP contribution is -2.63. The van der Waals surface area contributed by atoms with Crippen LogP contribution in [0.1, 0.15) is 73.1 Å². The van der Waals surface area contributed by atoms with E-state index in [2.05, 4.69) is 44.6 Å². The van der Waals surface area contributed by atoms with Gasteiger partial charge in [0, 0.05) is 36.0 Å². The summed E-state index contributed by atoms with van der Waals surface area (Å²) in [6.45, 7) is 15.9. The molecule has 2 heterocycles. The van der Waals surface area contributed by atoms with Crippen LogP contribution in [0.3, 0.4) is 0 Å². The van der Waals surface area contributed by atoms with E-state index in [1.54, 1.807) is 0 Å². The molecule has 3 aliphatic rings. The monoisotopic (exact) mass is 367 g/mol. The molecule has 0 amide bonds. The smallest absolute Gasteiger partial charge is 0.0793 e. The van der Waals surface area contributed by atoms with Gasteiger partial charge in [-0.15, -0.1) is 0 Å². The number of hydrogen-bond acceptors (Lipinski definition) is 5. The molecule has 2 unspecified atom stereocenters. The Morgan fingerprint density at radius 1 is 0.923 bits per heavy atom. The first-order valence-electron chi connectivity index (χ1n) is 10.8. The zero-order chi connectivity index (χ0) is 19.0. The van der Waals surface area contributed by atoms with Crippen molar-refractivity contribution < 1.29 is 9.57 Å². The molecule has 152 valence electrons. The molecule has 2 atom stereocenters. The van der Waals surface area contributed by atoms with Crippen LogP contribution in [0.15, 0.2) is 0 Å². The Hall–Kier alpha value is -0.200. The molecule has 2 N–H and O–H groups in total.